The molecule has 0 aromatic heterocycles. The molecule has 1 aromatic rings. The van der Waals surface area contributed by atoms with E-state index in [1.54, 1.807) is 6.07 Å². The molecule has 1 aromatic carbocycles. The van der Waals surface area contributed by atoms with Crippen molar-refractivity contribution < 1.29 is 5.21 Å². The van der Waals surface area contributed by atoms with Crippen LogP contribution in [-0.4, -0.2) is 24.1 Å². The maximum atomic E-state index is 10.6. The van der Waals surface area contributed by atoms with Crippen LogP contribution in [0, 0.1) is 0 Å². The summed E-state index contributed by atoms with van der Waals surface area (Å²) in [4.78, 5) is 4.26. The summed E-state index contributed by atoms with van der Waals surface area (Å²) < 4.78 is -0.100. The molecule has 19 heavy (non-hydrogen) atoms. The number of amidine groups is 1. The smallest absolute Gasteiger partial charge is 0.191 e. The second-order valence-electron chi connectivity index (χ2n) is 4.58. The van der Waals surface area contributed by atoms with Gasteiger partial charge in [0.15, 0.2) is 5.69 Å². The van der Waals surface area contributed by atoms with Crippen LogP contribution >= 0.6 is 11.6 Å². The van der Waals surface area contributed by atoms with Gasteiger partial charge in [-0.05, 0) is 6.07 Å². The monoisotopic (exact) mass is 281 g/mol. The molecule has 5 N–H and O–H groups in total. The van der Waals surface area contributed by atoms with Crippen LogP contribution in [0.15, 0.2) is 40.5 Å². The van der Waals surface area contributed by atoms with Crippen LogP contribution in [0.1, 0.15) is 12.8 Å². The second kappa shape index (κ2) is 5.61. The lowest BCUT2D eigenvalue weighted by Crippen LogP contribution is -2.42. The van der Waals surface area contributed by atoms with Crippen molar-refractivity contribution in [1.29, 1.82) is 0 Å². The number of halogens is 1. The number of nitrogens with two attached hydrogens (primary N) is 2. The van der Waals surface area contributed by atoms with E-state index in [4.69, 9.17) is 23.1 Å². The predicted molar refractivity (Wildman–Crippen MR) is 78.4 cm³/mol. The maximum Gasteiger partial charge on any atom is 0.191 e. The Morgan fingerprint density at radius 3 is 2.58 bits per heavy atom. The number of hydrogen-bond donors (Lipinski definition) is 3. The highest BCUT2D eigenvalue weighted by Gasteiger charge is 2.35. The molecule has 0 radical (unpaired) electrons. The zero-order valence-electron chi connectivity index (χ0n) is 10.6. The summed E-state index contributed by atoms with van der Waals surface area (Å²) in [6, 6.07) is 7.38. The van der Waals surface area contributed by atoms with Crippen molar-refractivity contribution in [3.8, 4) is 0 Å². The van der Waals surface area contributed by atoms with Crippen molar-refractivity contribution >= 4 is 28.8 Å². The Hall–Kier alpha value is -1.56. The van der Waals surface area contributed by atoms with E-state index < -0.39 is 0 Å². The van der Waals surface area contributed by atoms with E-state index in [0.717, 1.165) is 18.5 Å². The van der Waals surface area contributed by atoms with Crippen molar-refractivity contribution in [1.82, 2.24) is 4.65 Å². The largest absolute Gasteiger partial charge is 0.403 e. The van der Waals surface area contributed by atoms with Crippen LogP contribution in [0.2, 0.25) is 0 Å². The number of para-hydroxylation sites is 2. The fourth-order valence-corrected chi connectivity index (χ4v) is 2.32. The highest BCUT2D eigenvalue weighted by Crippen LogP contribution is 2.35. The molecular formula is C13H18ClN4O+. The minimum atomic E-state index is -0.100. The molecule has 0 atom stereocenters. The fourth-order valence-electron chi connectivity index (χ4n) is 2.28. The van der Waals surface area contributed by atoms with Crippen molar-refractivity contribution in [2.45, 2.75) is 12.8 Å². The quantitative estimate of drug-likeness (QED) is 0.451. The zero-order chi connectivity index (χ0) is 13.9. The normalized spacial score (nSPS) is 19.7. The molecule has 0 unspecified atom stereocenters. The third-order valence-corrected chi connectivity index (χ3v) is 3.59. The SMILES string of the molecule is NC=C(Cl)C(N)=Nc1ccccc1[N+]1(O)CCCC1. The highest BCUT2D eigenvalue weighted by molar-refractivity contribution is 6.43. The van der Waals surface area contributed by atoms with Crippen LogP contribution < -0.4 is 16.1 Å². The summed E-state index contributed by atoms with van der Waals surface area (Å²) in [6.45, 7) is 1.37. The molecule has 2 rings (SSSR count). The molecule has 6 heteroatoms. The molecule has 0 aliphatic carbocycles. The third-order valence-electron chi connectivity index (χ3n) is 3.27. The van der Waals surface area contributed by atoms with E-state index in [1.807, 2.05) is 18.2 Å². The number of rotatable bonds is 3. The number of quaternary nitrogens is 1. The van der Waals surface area contributed by atoms with Crippen LogP contribution in [0.3, 0.4) is 0 Å². The van der Waals surface area contributed by atoms with Gasteiger partial charge < -0.3 is 11.5 Å². The molecule has 1 aliphatic heterocycles. The van der Waals surface area contributed by atoms with Gasteiger partial charge in [0.25, 0.3) is 0 Å². The summed E-state index contributed by atoms with van der Waals surface area (Å²) in [5.74, 6) is 0.141. The van der Waals surface area contributed by atoms with Gasteiger partial charge in [-0.3, -0.25) is 0 Å². The van der Waals surface area contributed by atoms with Gasteiger partial charge in [0, 0.05) is 25.1 Å². The van der Waals surface area contributed by atoms with Gasteiger partial charge >= 0.3 is 0 Å². The number of hydrogen-bond acceptors (Lipinski definition) is 3. The molecule has 1 fully saturated rings. The van der Waals surface area contributed by atoms with Crippen molar-refractivity contribution in [3.05, 3.63) is 35.5 Å². The molecule has 1 aliphatic rings. The van der Waals surface area contributed by atoms with E-state index >= 15 is 0 Å². The highest BCUT2D eigenvalue weighted by atomic mass is 35.5. The summed E-state index contributed by atoms with van der Waals surface area (Å²) >= 11 is 5.83. The predicted octanol–water partition coefficient (Wildman–Crippen LogP) is 2.20. The molecule has 0 spiro atoms. The van der Waals surface area contributed by atoms with E-state index in [2.05, 4.69) is 4.99 Å². The second-order valence-corrected chi connectivity index (χ2v) is 4.98. The van der Waals surface area contributed by atoms with E-state index in [-0.39, 0.29) is 15.5 Å². The Bertz CT molecular complexity index is 521. The Morgan fingerprint density at radius 2 is 1.95 bits per heavy atom. The molecule has 0 amide bonds. The third kappa shape index (κ3) is 2.89. The summed E-state index contributed by atoms with van der Waals surface area (Å²) in [7, 11) is 0. The average Bonchev–Trinajstić information content (AvgIpc) is 2.86. The molecule has 0 saturated carbocycles. The molecule has 102 valence electrons. The van der Waals surface area contributed by atoms with Gasteiger partial charge in [-0.25, -0.2) is 10.2 Å². The zero-order valence-corrected chi connectivity index (χ0v) is 11.3. The average molecular weight is 282 g/mol. The van der Waals surface area contributed by atoms with Gasteiger partial charge in [0.1, 0.15) is 24.6 Å². The number of nitrogens with zero attached hydrogens (tertiary/aromatic N) is 2. The number of aliphatic imine (C=N–C) groups is 1. The lowest BCUT2D eigenvalue weighted by atomic mass is 10.2. The summed E-state index contributed by atoms with van der Waals surface area (Å²) in [6.07, 6.45) is 3.18. The Labute approximate surface area is 117 Å². The van der Waals surface area contributed by atoms with Gasteiger partial charge in [-0.2, -0.15) is 0 Å². The van der Waals surface area contributed by atoms with Crippen LogP contribution in [0.4, 0.5) is 11.4 Å². The fraction of sp³-hybridized carbons (Fsp3) is 0.308. The first kappa shape index (κ1) is 13.9. The van der Waals surface area contributed by atoms with Crippen LogP contribution in [0.25, 0.3) is 0 Å². The van der Waals surface area contributed by atoms with Crippen LogP contribution in [0.5, 0.6) is 0 Å². The summed E-state index contributed by atoms with van der Waals surface area (Å²) in [5, 5.41) is 10.8. The lowest BCUT2D eigenvalue weighted by Gasteiger charge is -2.25. The van der Waals surface area contributed by atoms with Crippen molar-refractivity contribution in [2.24, 2.45) is 16.5 Å². The van der Waals surface area contributed by atoms with E-state index in [9.17, 15) is 5.21 Å². The first-order chi connectivity index (χ1) is 9.07. The standard InChI is InChI=1S/C13H18ClN4O/c14-10(9-15)13(16)17-11-5-1-2-6-12(11)18(19)7-3-4-8-18/h1-2,5-6,9,19H,3-4,7-8,15H2,(H2,16,17)/q+1. The Kier molecular flexibility index (Phi) is 4.09. The van der Waals surface area contributed by atoms with Gasteiger partial charge in [0.2, 0.25) is 0 Å². The van der Waals surface area contributed by atoms with E-state index in [1.165, 1.54) is 6.20 Å². The molecule has 1 heterocycles. The van der Waals surface area contributed by atoms with Gasteiger partial charge in [-0.15, -0.1) is 4.65 Å². The molecule has 1 saturated heterocycles. The topological polar surface area (TPSA) is 84.6 Å². The summed E-state index contributed by atoms with van der Waals surface area (Å²) in [5.41, 5.74) is 12.4. The van der Waals surface area contributed by atoms with Crippen LogP contribution in [-0.2, 0) is 0 Å². The van der Waals surface area contributed by atoms with Crippen molar-refractivity contribution in [3.63, 3.8) is 0 Å². The lowest BCUT2D eigenvalue weighted by molar-refractivity contribution is -0.0574. The number of hydroxylamine groups is 2. The van der Waals surface area contributed by atoms with Crippen molar-refractivity contribution in [2.75, 3.05) is 13.1 Å². The van der Waals surface area contributed by atoms with Gasteiger partial charge in [-0.1, -0.05) is 23.7 Å². The number of benzene rings is 1. The minimum absolute atomic E-state index is 0.100. The maximum absolute atomic E-state index is 10.6. The Morgan fingerprint density at radius 1 is 1.32 bits per heavy atom. The molecular weight excluding hydrogens is 264 g/mol. The molecule has 5 nitrogen and oxygen atoms in total. The van der Waals surface area contributed by atoms with E-state index in [0.29, 0.717) is 18.8 Å². The first-order valence-corrected chi connectivity index (χ1v) is 6.56. The first-order valence-electron chi connectivity index (χ1n) is 6.18. The van der Waals surface area contributed by atoms with Gasteiger partial charge in [0.05, 0.1) is 5.03 Å². The molecule has 0 bridgehead atoms. The Balaban J connectivity index is 2.42. The minimum Gasteiger partial charge on any atom is -0.403 e.